The van der Waals surface area contributed by atoms with Crippen molar-refractivity contribution in [3.63, 3.8) is 0 Å². The summed E-state index contributed by atoms with van der Waals surface area (Å²) in [4.78, 5) is 13.9. The first-order chi connectivity index (χ1) is 13.7. The molecule has 2 N–H and O–H groups in total. The summed E-state index contributed by atoms with van der Waals surface area (Å²) >= 11 is 0. The number of nitrogens with zero attached hydrogens (tertiary/aromatic N) is 3. The van der Waals surface area contributed by atoms with Crippen molar-refractivity contribution in [2.24, 2.45) is 0 Å². The number of H-pyrrole nitrogens is 1. The van der Waals surface area contributed by atoms with Gasteiger partial charge in [0.25, 0.3) is 0 Å². The Balaban J connectivity index is 1.80. The second kappa shape index (κ2) is 6.61. The molecule has 0 spiro atoms. The Hall–Kier alpha value is -3.90. The molecule has 0 saturated carbocycles. The molecule has 29 heavy (non-hydrogen) atoms. The van der Waals surface area contributed by atoms with Gasteiger partial charge in [-0.05, 0) is 29.3 Å². The molecular weight excluding hydrogens is 405 g/mol. The van der Waals surface area contributed by atoms with Gasteiger partial charge in [0.15, 0.2) is 17.4 Å². The Morgan fingerprint density at radius 3 is 2.76 bits per heavy atom. The Morgan fingerprint density at radius 1 is 1.24 bits per heavy atom. The zero-order valence-corrected chi connectivity index (χ0v) is 13.9. The Labute approximate surface area is 156 Å². The highest BCUT2D eigenvalue weighted by atomic mass is 19.4. The third kappa shape index (κ3) is 3.49. The lowest BCUT2D eigenvalue weighted by atomic mass is 10.0. The third-order valence-corrected chi connectivity index (χ3v) is 3.94. The molecule has 0 bridgehead atoms. The third-order valence-electron chi connectivity index (χ3n) is 3.94. The van der Waals surface area contributed by atoms with Crippen LogP contribution in [0.1, 0.15) is 0 Å². The number of carbonyl (C=O) groups excluding carboxylic acids is 1. The van der Waals surface area contributed by atoms with Gasteiger partial charge in [-0.15, -0.1) is 18.3 Å². The summed E-state index contributed by atoms with van der Waals surface area (Å²) in [5.74, 6) is -2.27. The van der Waals surface area contributed by atoms with Gasteiger partial charge < -0.3 is 4.74 Å². The predicted molar refractivity (Wildman–Crippen MR) is 88.1 cm³/mol. The summed E-state index contributed by atoms with van der Waals surface area (Å²) in [6.07, 6.45) is -3.75. The molecule has 150 valence electrons. The fourth-order valence-electron chi connectivity index (χ4n) is 2.85. The molecule has 3 aromatic heterocycles. The normalized spacial score (nSPS) is 11.8. The first-order valence-corrected chi connectivity index (χ1v) is 7.76. The number of aromatic amines is 1. The second-order valence-corrected chi connectivity index (χ2v) is 5.75. The van der Waals surface area contributed by atoms with E-state index in [1.54, 1.807) is 0 Å². The van der Waals surface area contributed by atoms with Crippen LogP contribution < -0.4 is 10.1 Å². The molecule has 4 rings (SSSR count). The van der Waals surface area contributed by atoms with Crippen molar-refractivity contribution in [2.75, 3.05) is 5.32 Å². The molecule has 0 aliphatic heterocycles. The van der Waals surface area contributed by atoms with Crippen molar-refractivity contribution in [3.8, 4) is 16.9 Å². The smallest absolute Gasteiger partial charge is 0.400 e. The van der Waals surface area contributed by atoms with E-state index in [2.05, 4.69) is 25.0 Å². The summed E-state index contributed by atoms with van der Waals surface area (Å²) in [6.45, 7) is 0. The number of aromatic nitrogens is 4. The van der Waals surface area contributed by atoms with E-state index in [1.165, 1.54) is 35.1 Å². The number of pyridine rings is 1. The van der Waals surface area contributed by atoms with Crippen LogP contribution in [0.4, 0.5) is 32.7 Å². The van der Waals surface area contributed by atoms with E-state index >= 15 is 0 Å². The largest absolute Gasteiger partial charge is 0.573 e. The lowest BCUT2D eigenvalue weighted by Crippen LogP contribution is -2.18. The van der Waals surface area contributed by atoms with Crippen LogP contribution in [0.15, 0.2) is 36.7 Å². The van der Waals surface area contributed by atoms with Crippen LogP contribution in [0.3, 0.4) is 0 Å². The maximum atomic E-state index is 14.4. The van der Waals surface area contributed by atoms with Crippen molar-refractivity contribution in [2.45, 2.75) is 6.36 Å². The summed E-state index contributed by atoms with van der Waals surface area (Å²) in [6, 6.07) is 5.32. The first-order valence-electron chi connectivity index (χ1n) is 7.76. The van der Waals surface area contributed by atoms with Crippen molar-refractivity contribution in [1.82, 2.24) is 19.8 Å². The molecule has 1 amide bonds. The van der Waals surface area contributed by atoms with Gasteiger partial charge in [-0.25, -0.2) is 18.6 Å². The van der Waals surface area contributed by atoms with Gasteiger partial charge in [0.05, 0.1) is 11.7 Å². The number of fused-ring (bicyclic) bond motifs is 2. The number of ether oxygens (including phenoxy) is 1. The summed E-state index contributed by atoms with van der Waals surface area (Å²) in [7, 11) is 0. The van der Waals surface area contributed by atoms with Crippen LogP contribution in [-0.4, -0.2) is 32.3 Å². The number of carbonyl (C=O) groups is 1. The number of hydrogen-bond donors (Lipinski definition) is 2. The molecule has 0 radical (unpaired) electrons. The molecule has 0 fully saturated rings. The van der Waals surface area contributed by atoms with Gasteiger partial charge >= 0.3 is 12.5 Å². The fourth-order valence-corrected chi connectivity index (χ4v) is 2.85. The first kappa shape index (κ1) is 18.5. The maximum absolute atomic E-state index is 14.4. The Bertz CT molecular complexity index is 1230. The van der Waals surface area contributed by atoms with Crippen molar-refractivity contribution >= 4 is 28.3 Å². The highest BCUT2D eigenvalue weighted by molar-refractivity contribution is 5.98. The van der Waals surface area contributed by atoms with Crippen LogP contribution >= 0.6 is 0 Å². The summed E-state index contributed by atoms with van der Waals surface area (Å²) < 4.78 is 69.1. The monoisotopic (exact) mass is 413 g/mol. The van der Waals surface area contributed by atoms with Gasteiger partial charge in [-0.1, -0.05) is 0 Å². The van der Waals surface area contributed by atoms with Gasteiger partial charge in [-0.2, -0.15) is 5.10 Å². The minimum Gasteiger partial charge on any atom is -0.400 e. The van der Waals surface area contributed by atoms with E-state index in [0.29, 0.717) is 11.1 Å². The average Bonchev–Trinajstić information content (AvgIpc) is 3.28. The quantitative estimate of drug-likeness (QED) is 0.487. The molecular formula is C16H8F5N5O3. The highest BCUT2D eigenvalue weighted by Crippen LogP contribution is 2.38. The van der Waals surface area contributed by atoms with Crippen LogP contribution in [0.5, 0.6) is 5.75 Å². The van der Waals surface area contributed by atoms with Crippen molar-refractivity contribution in [3.05, 3.63) is 42.5 Å². The lowest BCUT2D eigenvalue weighted by Gasteiger charge is -2.12. The van der Waals surface area contributed by atoms with E-state index in [0.717, 1.165) is 6.07 Å². The Kier molecular flexibility index (Phi) is 4.21. The molecule has 0 atom stereocenters. The second-order valence-electron chi connectivity index (χ2n) is 5.75. The molecule has 0 saturated heterocycles. The molecule has 1 aromatic carbocycles. The SMILES string of the molecule is O=C(Nc1cc2cc(-c3cc(F)c(OC(F)(F)F)c4[nH]ncc34)ccn2n1)OF. The summed E-state index contributed by atoms with van der Waals surface area (Å²) in [5, 5.41) is 12.2. The zero-order chi connectivity index (χ0) is 20.8. The molecule has 4 aromatic rings. The molecule has 0 unspecified atom stereocenters. The van der Waals surface area contributed by atoms with E-state index in [9.17, 15) is 26.9 Å². The topological polar surface area (TPSA) is 93.5 Å². The zero-order valence-electron chi connectivity index (χ0n) is 13.9. The van der Waals surface area contributed by atoms with Crippen molar-refractivity contribution < 1.29 is 36.6 Å². The molecule has 13 heteroatoms. The van der Waals surface area contributed by atoms with E-state index in [4.69, 9.17) is 0 Å². The van der Waals surface area contributed by atoms with Crippen LogP contribution in [0, 0.1) is 5.82 Å². The van der Waals surface area contributed by atoms with Gasteiger partial charge in [-0.3, -0.25) is 10.4 Å². The number of alkyl halides is 3. The van der Waals surface area contributed by atoms with Crippen LogP contribution in [-0.2, 0) is 4.94 Å². The van der Waals surface area contributed by atoms with Gasteiger partial charge in [0.2, 0.25) is 0 Å². The Morgan fingerprint density at radius 2 is 2.03 bits per heavy atom. The predicted octanol–water partition coefficient (Wildman–Crippen LogP) is 4.35. The average molecular weight is 413 g/mol. The number of rotatable bonds is 3. The number of nitrogens with one attached hydrogen (secondary N) is 2. The van der Waals surface area contributed by atoms with Gasteiger partial charge in [0, 0.05) is 22.2 Å². The summed E-state index contributed by atoms with van der Waals surface area (Å²) in [5.41, 5.74) is 0.811. The lowest BCUT2D eigenvalue weighted by molar-refractivity contribution is -0.275. The highest BCUT2D eigenvalue weighted by Gasteiger charge is 2.34. The number of hydrogen-bond acceptors (Lipinski definition) is 5. The number of amides is 1. The minimum absolute atomic E-state index is 0.0154. The standard InChI is InChI=1S/C16H8F5N5O3/c17-11-5-9(10-6-22-24-13(10)14(11)28-16(18,19)20)7-1-2-26-8(3-7)4-12(25-26)23-15(27)29-21/h1-6H,(H,22,24)(H,23,25,27). The molecule has 8 nitrogen and oxygen atoms in total. The fraction of sp³-hybridized carbons (Fsp3) is 0.0625. The molecule has 0 aliphatic rings. The number of anilines is 1. The number of benzene rings is 1. The number of halogens is 5. The van der Waals surface area contributed by atoms with E-state index < -0.39 is 24.0 Å². The van der Waals surface area contributed by atoms with E-state index in [1.807, 2.05) is 5.32 Å². The van der Waals surface area contributed by atoms with Gasteiger partial charge in [0.1, 0.15) is 5.52 Å². The maximum Gasteiger partial charge on any atom is 0.573 e. The van der Waals surface area contributed by atoms with Crippen LogP contribution in [0.25, 0.3) is 27.5 Å². The van der Waals surface area contributed by atoms with Crippen molar-refractivity contribution in [1.29, 1.82) is 0 Å². The van der Waals surface area contributed by atoms with Crippen LogP contribution in [0.2, 0.25) is 0 Å². The molecule has 3 heterocycles. The van der Waals surface area contributed by atoms with E-state index in [-0.39, 0.29) is 22.3 Å². The minimum atomic E-state index is -5.08. The molecule has 0 aliphatic carbocycles.